The summed E-state index contributed by atoms with van der Waals surface area (Å²) in [7, 11) is 0. The lowest BCUT2D eigenvalue weighted by Crippen LogP contribution is -2.16. The molecule has 0 spiro atoms. The van der Waals surface area contributed by atoms with Gasteiger partial charge in [0.05, 0.1) is 17.0 Å². The molecule has 0 unspecified atom stereocenters. The molecule has 0 fully saturated rings. The average Bonchev–Trinajstić information content (AvgIpc) is 2.94. The maximum Gasteiger partial charge on any atom is 0.344 e. The SMILES string of the molecule is Cc1nnn(/N=C(\OC(=O)c2ccc(Cl)cc2)c2ccc(Cl)cc2)c1C. The number of carbonyl (C=O) groups is 1. The first-order valence-corrected chi connectivity index (χ1v) is 8.41. The molecule has 0 N–H and O–H groups in total. The van der Waals surface area contributed by atoms with Crippen LogP contribution in [-0.2, 0) is 4.74 Å². The summed E-state index contributed by atoms with van der Waals surface area (Å²) in [5, 5.41) is 13.3. The van der Waals surface area contributed by atoms with Gasteiger partial charge in [-0.1, -0.05) is 23.2 Å². The number of hydrogen-bond acceptors (Lipinski definition) is 5. The molecule has 0 saturated carbocycles. The van der Waals surface area contributed by atoms with Gasteiger partial charge in [-0.3, -0.25) is 0 Å². The highest BCUT2D eigenvalue weighted by Gasteiger charge is 2.15. The quantitative estimate of drug-likeness (QED) is 0.381. The van der Waals surface area contributed by atoms with E-state index in [4.69, 9.17) is 27.9 Å². The van der Waals surface area contributed by atoms with E-state index in [0.29, 0.717) is 21.2 Å². The molecule has 2 aromatic carbocycles. The Balaban J connectivity index is 1.97. The monoisotopic (exact) mass is 388 g/mol. The lowest BCUT2D eigenvalue weighted by atomic mass is 10.2. The molecule has 132 valence electrons. The van der Waals surface area contributed by atoms with Crippen LogP contribution in [0.3, 0.4) is 0 Å². The standard InChI is InChI=1S/C18H14Cl2N4O2/c1-11-12(2)24(23-21-11)22-17(13-3-7-15(19)8-4-13)26-18(25)14-5-9-16(20)10-6-14/h3-10H,1-2H3/b22-17-. The van der Waals surface area contributed by atoms with Gasteiger partial charge in [0.15, 0.2) is 0 Å². The number of hydrogen-bond donors (Lipinski definition) is 0. The molecule has 0 bridgehead atoms. The third-order valence-electron chi connectivity index (χ3n) is 3.65. The number of aromatic nitrogens is 3. The highest BCUT2D eigenvalue weighted by Crippen LogP contribution is 2.15. The molecule has 0 aliphatic carbocycles. The fourth-order valence-electron chi connectivity index (χ4n) is 2.04. The van der Waals surface area contributed by atoms with Gasteiger partial charge in [-0.2, -0.15) is 0 Å². The topological polar surface area (TPSA) is 69.4 Å². The van der Waals surface area contributed by atoms with Crippen LogP contribution in [0.15, 0.2) is 53.6 Å². The lowest BCUT2D eigenvalue weighted by molar-refractivity contribution is 0.0716. The van der Waals surface area contributed by atoms with Crippen LogP contribution in [0.25, 0.3) is 0 Å². The van der Waals surface area contributed by atoms with E-state index in [1.54, 1.807) is 48.5 Å². The minimum atomic E-state index is -0.565. The minimum Gasteiger partial charge on any atom is -0.402 e. The van der Waals surface area contributed by atoms with Gasteiger partial charge >= 0.3 is 5.97 Å². The number of ether oxygens (including phenoxy) is 1. The van der Waals surface area contributed by atoms with Crippen molar-refractivity contribution in [2.24, 2.45) is 5.10 Å². The number of rotatable bonds is 3. The van der Waals surface area contributed by atoms with Crippen LogP contribution in [0, 0.1) is 13.8 Å². The predicted molar refractivity (Wildman–Crippen MR) is 99.8 cm³/mol. The highest BCUT2D eigenvalue weighted by atomic mass is 35.5. The summed E-state index contributed by atoms with van der Waals surface area (Å²) in [4.78, 5) is 13.8. The molecule has 3 rings (SSSR count). The van der Waals surface area contributed by atoms with E-state index in [-0.39, 0.29) is 5.90 Å². The van der Waals surface area contributed by atoms with Gasteiger partial charge in [-0.15, -0.1) is 15.0 Å². The van der Waals surface area contributed by atoms with E-state index in [2.05, 4.69) is 15.4 Å². The summed E-state index contributed by atoms with van der Waals surface area (Å²) in [5.41, 5.74) is 2.39. The Morgan fingerprint density at radius 3 is 2.00 bits per heavy atom. The van der Waals surface area contributed by atoms with E-state index < -0.39 is 5.97 Å². The number of nitrogens with zero attached hydrogens (tertiary/aromatic N) is 4. The number of esters is 1. The second kappa shape index (κ2) is 7.68. The third kappa shape index (κ3) is 4.09. The molecular formula is C18H14Cl2N4O2. The molecule has 1 aromatic heterocycles. The Kier molecular flexibility index (Phi) is 5.35. The fourth-order valence-corrected chi connectivity index (χ4v) is 2.29. The highest BCUT2D eigenvalue weighted by molar-refractivity contribution is 6.31. The molecule has 1 heterocycles. The molecule has 0 atom stereocenters. The molecule has 0 saturated heterocycles. The van der Waals surface area contributed by atoms with Crippen molar-refractivity contribution in [1.29, 1.82) is 0 Å². The molecule has 8 heteroatoms. The molecule has 0 amide bonds. The van der Waals surface area contributed by atoms with Crippen LogP contribution in [-0.4, -0.2) is 27.0 Å². The van der Waals surface area contributed by atoms with Crippen molar-refractivity contribution < 1.29 is 9.53 Å². The Morgan fingerprint density at radius 2 is 1.50 bits per heavy atom. The first-order chi connectivity index (χ1) is 12.4. The molecule has 0 aliphatic rings. The van der Waals surface area contributed by atoms with Crippen LogP contribution >= 0.6 is 23.2 Å². The van der Waals surface area contributed by atoms with Crippen molar-refractivity contribution in [3.05, 3.63) is 81.1 Å². The van der Waals surface area contributed by atoms with Gasteiger partial charge in [0, 0.05) is 15.6 Å². The average molecular weight is 389 g/mol. The summed E-state index contributed by atoms with van der Waals surface area (Å²) in [5.74, 6) is -0.487. The maximum atomic E-state index is 12.5. The maximum absolute atomic E-state index is 12.5. The summed E-state index contributed by atoms with van der Waals surface area (Å²) >= 11 is 11.8. The van der Waals surface area contributed by atoms with Crippen LogP contribution in [0.2, 0.25) is 10.0 Å². The van der Waals surface area contributed by atoms with Crippen LogP contribution < -0.4 is 0 Å². The first-order valence-electron chi connectivity index (χ1n) is 7.65. The lowest BCUT2D eigenvalue weighted by Gasteiger charge is -2.08. The summed E-state index contributed by atoms with van der Waals surface area (Å²) in [6.07, 6.45) is 0. The molecule has 26 heavy (non-hydrogen) atoms. The Bertz CT molecular complexity index is 964. The number of benzene rings is 2. The Hall–Kier alpha value is -2.70. The zero-order chi connectivity index (χ0) is 18.7. The van der Waals surface area contributed by atoms with E-state index in [1.165, 1.54) is 4.79 Å². The zero-order valence-corrected chi connectivity index (χ0v) is 15.5. The van der Waals surface area contributed by atoms with Crippen LogP contribution in [0.5, 0.6) is 0 Å². The van der Waals surface area contributed by atoms with Crippen LogP contribution in [0.4, 0.5) is 0 Å². The summed E-state index contributed by atoms with van der Waals surface area (Å²) in [6, 6.07) is 13.2. The smallest absolute Gasteiger partial charge is 0.344 e. The first kappa shape index (κ1) is 18.1. The molecule has 0 radical (unpaired) electrons. The fraction of sp³-hybridized carbons (Fsp3) is 0.111. The van der Waals surface area contributed by atoms with Crippen molar-refractivity contribution in [3.8, 4) is 0 Å². The molecule has 3 aromatic rings. The Morgan fingerprint density at radius 1 is 0.962 bits per heavy atom. The second-order valence-electron chi connectivity index (χ2n) is 5.46. The summed E-state index contributed by atoms with van der Waals surface area (Å²) in [6.45, 7) is 3.63. The number of carbonyl (C=O) groups excluding carboxylic acids is 1. The van der Waals surface area contributed by atoms with Crippen LogP contribution in [0.1, 0.15) is 27.3 Å². The van der Waals surface area contributed by atoms with E-state index in [1.807, 2.05) is 13.8 Å². The van der Waals surface area contributed by atoms with Crippen molar-refractivity contribution in [2.75, 3.05) is 0 Å². The molecular weight excluding hydrogens is 375 g/mol. The van der Waals surface area contributed by atoms with Gasteiger partial charge in [0.2, 0.25) is 5.90 Å². The Labute approximate surface area is 160 Å². The van der Waals surface area contributed by atoms with Gasteiger partial charge in [-0.05, 0) is 67.6 Å². The molecule has 6 nitrogen and oxygen atoms in total. The zero-order valence-electron chi connectivity index (χ0n) is 14.0. The van der Waals surface area contributed by atoms with Crippen molar-refractivity contribution in [2.45, 2.75) is 13.8 Å². The van der Waals surface area contributed by atoms with Crippen molar-refractivity contribution in [3.63, 3.8) is 0 Å². The third-order valence-corrected chi connectivity index (χ3v) is 4.15. The van der Waals surface area contributed by atoms with E-state index in [0.717, 1.165) is 11.4 Å². The van der Waals surface area contributed by atoms with Gasteiger partial charge in [0.25, 0.3) is 0 Å². The minimum absolute atomic E-state index is 0.0783. The normalized spacial score (nSPS) is 11.5. The van der Waals surface area contributed by atoms with E-state index >= 15 is 0 Å². The second-order valence-corrected chi connectivity index (χ2v) is 6.33. The molecule has 0 aliphatic heterocycles. The van der Waals surface area contributed by atoms with Gasteiger partial charge in [-0.25, -0.2) is 4.79 Å². The number of halogens is 2. The van der Waals surface area contributed by atoms with E-state index in [9.17, 15) is 4.79 Å². The largest absolute Gasteiger partial charge is 0.402 e. The predicted octanol–water partition coefficient (Wildman–Crippen LogP) is 4.27. The number of aryl methyl sites for hydroxylation is 1. The van der Waals surface area contributed by atoms with Crippen molar-refractivity contribution in [1.82, 2.24) is 15.1 Å². The summed E-state index contributed by atoms with van der Waals surface area (Å²) < 4.78 is 5.51. The van der Waals surface area contributed by atoms with Gasteiger partial charge in [0.1, 0.15) is 0 Å². The van der Waals surface area contributed by atoms with Gasteiger partial charge < -0.3 is 4.74 Å². The van der Waals surface area contributed by atoms with Crippen molar-refractivity contribution >= 4 is 35.1 Å².